The van der Waals surface area contributed by atoms with Gasteiger partial charge >= 0.3 is 0 Å². The van der Waals surface area contributed by atoms with Crippen LogP contribution in [0.3, 0.4) is 0 Å². The smallest absolute Gasteiger partial charge is 0.215 e. The van der Waals surface area contributed by atoms with Crippen LogP contribution >= 0.6 is 34.8 Å². The van der Waals surface area contributed by atoms with Gasteiger partial charge in [-0.15, -0.1) is 0 Å². The number of halogens is 1. The summed E-state index contributed by atoms with van der Waals surface area (Å²) < 4.78 is 8.88. The summed E-state index contributed by atoms with van der Waals surface area (Å²) in [5.41, 5.74) is 2.65. The fourth-order valence-electron chi connectivity index (χ4n) is 1.91. The molecule has 0 aliphatic carbocycles. The largest absolute Gasteiger partial charge is 0.481 e. The average molecular weight is 383 g/mol. The summed E-state index contributed by atoms with van der Waals surface area (Å²) in [7, 11) is 1.60. The number of fused-ring (bicyclic) bond motifs is 1. The quantitative estimate of drug-likeness (QED) is 0.542. The summed E-state index contributed by atoms with van der Waals surface area (Å²) in [5.74, 6) is 0.570. The van der Waals surface area contributed by atoms with Crippen molar-refractivity contribution < 1.29 is 4.74 Å². The topological polar surface area (TPSA) is 42.8 Å². The lowest BCUT2D eigenvalue weighted by Gasteiger charge is -2.05. The molecule has 0 radical (unpaired) electrons. The SMILES string of the molecule is COc1ccc2[nH]c(=S)n(-c3ccc(I)cc3)c2n1. The van der Waals surface area contributed by atoms with E-state index < -0.39 is 0 Å². The lowest BCUT2D eigenvalue weighted by Crippen LogP contribution is -1.96. The fourth-order valence-corrected chi connectivity index (χ4v) is 2.57. The van der Waals surface area contributed by atoms with Gasteiger partial charge < -0.3 is 9.72 Å². The Bertz CT molecular complexity index is 792. The van der Waals surface area contributed by atoms with E-state index in [0.29, 0.717) is 10.7 Å². The van der Waals surface area contributed by atoms with E-state index in [-0.39, 0.29) is 0 Å². The number of ether oxygens (including phenoxy) is 1. The zero-order chi connectivity index (χ0) is 13.4. The Labute approximate surface area is 128 Å². The maximum atomic E-state index is 5.37. The molecule has 2 aromatic heterocycles. The van der Waals surface area contributed by atoms with E-state index in [9.17, 15) is 0 Å². The highest BCUT2D eigenvalue weighted by molar-refractivity contribution is 14.1. The highest BCUT2D eigenvalue weighted by Gasteiger charge is 2.09. The van der Waals surface area contributed by atoms with E-state index in [1.54, 1.807) is 7.11 Å². The summed E-state index contributed by atoms with van der Waals surface area (Å²) in [6, 6.07) is 11.8. The Kier molecular flexibility index (Phi) is 3.28. The van der Waals surface area contributed by atoms with Gasteiger partial charge in [0.15, 0.2) is 10.4 Å². The van der Waals surface area contributed by atoms with Crippen LogP contribution in [0.2, 0.25) is 0 Å². The third-order valence-corrected chi connectivity index (χ3v) is 3.80. The molecule has 0 aliphatic rings. The van der Waals surface area contributed by atoms with Gasteiger partial charge in [0.25, 0.3) is 0 Å². The first-order chi connectivity index (χ1) is 9.19. The molecule has 0 fully saturated rings. The number of methoxy groups -OCH3 is 1. The molecule has 96 valence electrons. The van der Waals surface area contributed by atoms with Gasteiger partial charge in [-0.1, -0.05) is 0 Å². The number of H-pyrrole nitrogens is 1. The molecule has 0 spiro atoms. The molecule has 2 heterocycles. The number of pyridine rings is 1. The van der Waals surface area contributed by atoms with Crippen molar-refractivity contribution in [3.8, 4) is 11.6 Å². The van der Waals surface area contributed by atoms with Crippen LogP contribution in [0.25, 0.3) is 16.9 Å². The molecule has 4 nitrogen and oxygen atoms in total. The zero-order valence-electron chi connectivity index (χ0n) is 10.1. The number of benzene rings is 1. The summed E-state index contributed by atoms with van der Waals surface area (Å²) in [6.45, 7) is 0. The second-order valence-corrected chi connectivity index (χ2v) is 5.60. The molecule has 0 saturated carbocycles. The van der Waals surface area contributed by atoms with E-state index in [1.165, 1.54) is 3.57 Å². The van der Waals surface area contributed by atoms with Crippen LogP contribution < -0.4 is 4.74 Å². The van der Waals surface area contributed by atoms with Crippen molar-refractivity contribution in [2.45, 2.75) is 0 Å². The Balaban J connectivity index is 2.30. The van der Waals surface area contributed by atoms with Crippen LogP contribution in [-0.4, -0.2) is 21.6 Å². The number of imidazole rings is 1. The van der Waals surface area contributed by atoms with Gasteiger partial charge in [-0.2, -0.15) is 4.98 Å². The molecule has 0 aliphatic heterocycles. The molecule has 3 rings (SSSR count). The van der Waals surface area contributed by atoms with Crippen molar-refractivity contribution in [1.82, 2.24) is 14.5 Å². The van der Waals surface area contributed by atoms with Crippen molar-refractivity contribution in [2.75, 3.05) is 7.11 Å². The fraction of sp³-hybridized carbons (Fsp3) is 0.0769. The lowest BCUT2D eigenvalue weighted by atomic mass is 10.3. The second-order valence-electron chi connectivity index (χ2n) is 3.97. The van der Waals surface area contributed by atoms with Gasteiger partial charge in [-0.25, -0.2) is 0 Å². The van der Waals surface area contributed by atoms with Crippen LogP contribution in [0.15, 0.2) is 36.4 Å². The van der Waals surface area contributed by atoms with E-state index in [1.807, 2.05) is 41.0 Å². The minimum Gasteiger partial charge on any atom is -0.481 e. The summed E-state index contributed by atoms with van der Waals surface area (Å²) in [4.78, 5) is 7.60. The molecule has 1 N–H and O–H groups in total. The van der Waals surface area contributed by atoms with Crippen LogP contribution in [0.5, 0.6) is 5.88 Å². The van der Waals surface area contributed by atoms with Crippen molar-refractivity contribution in [3.05, 3.63) is 44.7 Å². The van der Waals surface area contributed by atoms with Gasteiger partial charge in [0.2, 0.25) is 5.88 Å². The normalized spacial score (nSPS) is 10.8. The van der Waals surface area contributed by atoms with Crippen molar-refractivity contribution >= 4 is 46.0 Å². The van der Waals surface area contributed by atoms with Crippen LogP contribution in [0.4, 0.5) is 0 Å². The van der Waals surface area contributed by atoms with Crippen molar-refractivity contribution in [3.63, 3.8) is 0 Å². The predicted molar refractivity (Wildman–Crippen MR) is 85.5 cm³/mol. The minimum absolute atomic E-state index is 0.570. The molecular weight excluding hydrogens is 373 g/mol. The maximum Gasteiger partial charge on any atom is 0.215 e. The van der Waals surface area contributed by atoms with E-state index in [2.05, 4.69) is 32.6 Å². The van der Waals surface area contributed by atoms with Crippen LogP contribution in [0.1, 0.15) is 0 Å². The maximum absolute atomic E-state index is 5.37. The highest BCUT2D eigenvalue weighted by Crippen LogP contribution is 2.21. The van der Waals surface area contributed by atoms with E-state index in [0.717, 1.165) is 16.9 Å². The number of aromatic amines is 1. The molecule has 0 amide bonds. The highest BCUT2D eigenvalue weighted by atomic mass is 127. The predicted octanol–water partition coefficient (Wildman–Crippen LogP) is 3.70. The Morgan fingerprint density at radius 1 is 1.21 bits per heavy atom. The van der Waals surface area contributed by atoms with Crippen molar-refractivity contribution in [1.29, 1.82) is 0 Å². The third kappa shape index (κ3) is 2.25. The van der Waals surface area contributed by atoms with Crippen LogP contribution in [-0.2, 0) is 0 Å². The van der Waals surface area contributed by atoms with E-state index >= 15 is 0 Å². The molecule has 0 bridgehead atoms. The Morgan fingerprint density at radius 2 is 1.95 bits per heavy atom. The summed E-state index contributed by atoms with van der Waals surface area (Å²) in [6.07, 6.45) is 0. The first kappa shape index (κ1) is 12.6. The van der Waals surface area contributed by atoms with E-state index in [4.69, 9.17) is 17.0 Å². The first-order valence-corrected chi connectivity index (χ1v) is 7.09. The molecule has 6 heteroatoms. The monoisotopic (exact) mass is 383 g/mol. The summed E-state index contributed by atoms with van der Waals surface area (Å²) >= 11 is 7.65. The van der Waals surface area contributed by atoms with Gasteiger partial charge in [0, 0.05) is 15.3 Å². The molecule has 0 unspecified atom stereocenters. The standard InChI is InChI=1S/C13H10IN3OS/c1-18-11-7-6-10-12(16-11)17(13(19)15-10)9-4-2-8(14)3-5-9/h2-7H,1H3,(H,15,19). The average Bonchev–Trinajstić information content (AvgIpc) is 2.75. The molecule has 1 aromatic carbocycles. The lowest BCUT2D eigenvalue weighted by molar-refractivity contribution is 0.399. The van der Waals surface area contributed by atoms with Crippen LogP contribution in [0, 0.1) is 8.34 Å². The number of nitrogens with zero attached hydrogens (tertiary/aromatic N) is 2. The number of rotatable bonds is 2. The number of aromatic nitrogens is 3. The molecule has 0 atom stereocenters. The van der Waals surface area contributed by atoms with Gasteiger partial charge in [0.1, 0.15) is 0 Å². The minimum atomic E-state index is 0.570. The number of hydrogen-bond acceptors (Lipinski definition) is 3. The summed E-state index contributed by atoms with van der Waals surface area (Å²) in [5, 5.41) is 0. The number of nitrogens with one attached hydrogen (secondary N) is 1. The van der Waals surface area contributed by atoms with Gasteiger partial charge in [0.05, 0.1) is 12.6 Å². The molecular formula is C13H10IN3OS. The van der Waals surface area contributed by atoms with Crippen molar-refractivity contribution in [2.24, 2.45) is 0 Å². The first-order valence-electron chi connectivity index (χ1n) is 5.61. The third-order valence-electron chi connectivity index (χ3n) is 2.80. The van der Waals surface area contributed by atoms with Gasteiger partial charge in [-0.05, 0) is 65.1 Å². The second kappa shape index (κ2) is 4.93. The molecule has 0 saturated heterocycles. The number of hydrogen-bond donors (Lipinski definition) is 1. The molecule has 3 aromatic rings. The van der Waals surface area contributed by atoms with Gasteiger partial charge in [-0.3, -0.25) is 4.57 Å². The zero-order valence-corrected chi connectivity index (χ0v) is 13.0. The molecule has 19 heavy (non-hydrogen) atoms. The Morgan fingerprint density at radius 3 is 2.63 bits per heavy atom. The Hall–Kier alpha value is -1.41.